The molecule has 4 rings (SSSR count). The third-order valence-electron chi connectivity index (χ3n) is 5.59. The Hall–Kier alpha value is -3.22. The zero-order valence-electron chi connectivity index (χ0n) is 16.9. The topological polar surface area (TPSA) is 77.3 Å². The van der Waals surface area contributed by atoms with E-state index in [1.807, 2.05) is 55.3 Å². The minimum Gasteiger partial charge on any atom is -0.469 e. The van der Waals surface area contributed by atoms with Gasteiger partial charge >= 0.3 is 5.97 Å². The number of ether oxygens (including phenoxy) is 1. The lowest BCUT2D eigenvalue weighted by Gasteiger charge is -2.31. The molecule has 2 aromatic heterocycles. The average Bonchev–Trinajstić information content (AvgIpc) is 3.06. The number of carbonyl (C=O) groups is 2. The number of likely N-dealkylation sites (tertiary alicyclic amines) is 1. The molecule has 3 heterocycles. The summed E-state index contributed by atoms with van der Waals surface area (Å²) >= 11 is 0. The van der Waals surface area contributed by atoms with Crippen LogP contribution in [0.3, 0.4) is 0 Å². The maximum absolute atomic E-state index is 13.4. The lowest BCUT2D eigenvalue weighted by molar-refractivity contribution is -0.146. The highest BCUT2D eigenvalue weighted by Gasteiger charge is 2.30. The second-order valence-corrected chi connectivity index (χ2v) is 7.42. The van der Waals surface area contributed by atoms with Crippen LogP contribution in [-0.2, 0) is 16.6 Å². The van der Waals surface area contributed by atoms with Crippen LogP contribution < -0.4 is 0 Å². The average molecular weight is 392 g/mol. The minimum absolute atomic E-state index is 0.0472. The summed E-state index contributed by atoms with van der Waals surface area (Å²) in [6.07, 6.45) is 1.23. The van der Waals surface area contributed by atoms with Gasteiger partial charge in [-0.05, 0) is 25.8 Å². The first-order chi connectivity index (χ1) is 14.0. The molecule has 0 unspecified atom stereocenters. The van der Waals surface area contributed by atoms with E-state index in [0.29, 0.717) is 37.1 Å². The van der Waals surface area contributed by atoms with Crippen molar-refractivity contribution in [1.82, 2.24) is 19.7 Å². The molecule has 29 heavy (non-hydrogen) atoms. The molecule has 0 N–H and O–H groups in total. The van der Waals surface area contributed by atoms with Gasteiger partial charge in [0.15, 0.2) is 5.65 Å². The molecule has 1 aliphatic rings. The molecule has 0 bridgehead atoms. The van der Waals surface area contributed by atoms with Crippen LogP contribution in [0.15, 0.2) is 36.4 Å². The van der Waals surface area contributed by atoms with E-state index in [2.05, 4.69) is 5.10 Å². The smallest absolute Gasteiger partial charge is 0.308 e. The Bertz CT molecular complexity index is 1070. The predicted molar refractivity (Wildman–Crippen MR) is 109 cm³/mol. The molecule has 1 fully saturated rings. The van der Waals surface area contributed by atoms with E-state index in [4.69, 9.17) is 9.72 Å². The van der Waals surface area contributed by atoms with Crippen LogP contribution >= 0.6 is 0 Å². The maximum atomic E-state index is 13.4. The van der Waals surface area contributed by atoms with Gasteiger partial charge in [-0.1, -0.05) is 30.3 Å². The van der Waals surface area contributed by atoms with Crippen LogP contribution in [0.1, 0.15) is 28.9 Å². The number of carbonyl (C=O) groups excluding carboxylic acids is 2. The molecule has 0 saturated carbocycles. The Labute approximate surface area is 169 Å². The summed E-state index contributed by atoms with van der Waals surface area (Å²) in [5.41, 5.74) is 3.77. The number of nitrogens with zero attached hydrogens (tertiary/aromatic N) is 4. The highest BCUT2D eigenvalue weighted by molar-refractivity contribution is 6.07. The van der Waals surface area contributed by atoms with E-state index in [-0.39, 0.29) is 17.8 Å². The second kappa shape index (κ2) is 7.66. The first-order valence-corrected chi connectivity index (χ1v) is 9.76. The summed E-state index contributed by atoms with van der Waals surface area (Å²) in [6, 6.07) is 11.7. The van der Waals surface area contributed by atoms with Gasteiger partial charge in [0, 0.05) is 25.7 Å². The van der Waals surface area contributed by atoms with Crippen LogP contribution in [0.4, 0.5) is 0 Å². The van der Waals surface area contributed by atoms with Crippen LogP contribution in [0.2, 0.25) is 0 Å². The predicted octanol–water partition coefficient (Wildman–Crippen LogP) is 2.97. The summed E-state index contributed by atoms with van der Waals surface area (Å²) in [5, 5.41) is 5.27. The Balaban J connectivity index is 1.73. The van der Waals surface area contributed by atoms with Gasteiger partial charge in [0.1, 0.15) is 0 Å². The van der Waals surface area contributed by atoms with Crippen LogP contribution in [0.25, 0.3) is 22.3 Å². The lowest BCUT2D eigenvalue weighted by Crippen LogP contribution is -2.40. The zero-order chi connectivity index (χ0) is 20.5. The molecule has 1 aliphatic heterocycles. The Kier molecular flexibility index (Phi) is 5.05. The summed E-state index contributed by atoms with van der Waals surface area (Å²) in [6.45, 7) is 2.96. The van der Waals surface area contributed by atoms with Crippen molar-refractivity contribution in [2.75, 3.05) is 20.2 Å². The number of pyridine rings is 1. The SMILES string of the molecule is COC(=O)C1CCN(C(=O)c2cc(-c3ccccc3)nc3c2c(C)nn3C)CC1. The number of hydrogen-bond acceptors (Lipinski definition) is 5. The largest absolute Gasteiger partial charge is 0.469 e. The number of aryl methyl sites for hydroxylation is 2. The van der Waals surface area contributed by atoms with E-state index in [1.165, 1.54) is 7.11 Å². The van der Waals surface area contributed by atoms with E-state index >= 15 is 0 Å². The van der Waals surface area contributed by atoms with Crippen molar-refractivity contribution in [3.05, 3.63) is 47.7 Å². The molecular formula is C22H24N4O3. The van der Waals surface area contributed by atoms with Gasteiger partial charge in [-0.3, -0.25) is 14.3 Å². The van der Waals surface area contributed by atoms with Crippen molar-refractivity contribution in [2.24, 2.45) is 13.0 Å². The first kappa shape index (κ1) is 19.1. The number of piperidine rings is 1. The van der Waals surface area contributed by atoms with Crippen molar-refractivity contribution in [3.8, 4) is 11.3 Å². The molecule has 0 aliphatic carbocycles. The molecule has 1 aromatic carbocycles. The summed E-state index contributed by atoms with van der Waals surface area (Å²) in [7, 11) is 3.25. The third kappa shape index (κ3) is 3.48. The van der Waals surface area contributed by atoms with E-state index in [9.17, 15) is 9.59 Å². The molecule has 0 radical (unpaired) electrons. The Morgan fingerprint density at radius 2 is 1.83 bits per heavy atom. The molecule has 7 nitrogen and oxygen atoms in total. The number of methoxy groups -OCH3 is 1. The quantitative estimate of drug-likeness (QED) is 0.641. The van der Waals surface area contributed by atoms with Crippen molar-refractivity contribution in [1.29, 1.82) is 0 Å². The molecule has 150 valence electrons. The van der Waals surface area contributed by atoms with Gasteiger partial charge in [0.05, 0.1) is 35.4 Å². The van der Waals surface area contributed by atoms with Crippen LogP contribution in [0, 0.1) is 12.8 Å². The summed E-state index contributed by atoms with van der Waals surface area (Å²) in [5.74, 6) is -0.381. The van der Waals surface area contributed by atoms with Crippen LogP contribution in [-0.4, -0.2) is 51.7 Å². The van der Waals surface area contributed by atoms with Gasteiger partial charge in [-0.2, -0.15) is 5.10 Å². The number of rotatable bonds is 3. The number of fused-ring (bicyclic) bond motifs is 1. The van der Waals surface area contributed by atoms with Gasteiger partial charge in [-0.15, -0.1) is 0 Å². The number of amides is 1. The number of hydrogen-bond donors (Lipinski definition) is 0. The minimum atomic E-state index is -0.196. The molecule has 1 saturated heterocycles. The normalized spacial score (nSPS) is 14.9. The fourth-order valence-corrected chi connectivity index (χ4v) is 4.03. The molecule has 7 heteroatoms. The number of aromatic nitrogens is 3. The fourth-order valence-electron chi connectivity index (χ4n) is 4.03. The fraction of sp³-hybridized carbons (Fsp3) is 0.364. The van der Waals surface area contributed by atoms with Gasteiger partial charge < -0.3 is 9.64 Å². The van der Waals surface area contributed by atoms with Crippen molar-refractivity contribution < 1.29 is 14.3 Å². The van der Waals surface area contributed by atoms with Crippen molar-refractivity contribution in [2.45, 2.75) is 19.8 Å². The number of esters is 1. The first-order valence-electron chi connectivity index (χ1n) is 9.76. The highest BCUT2D eigenvalue weighted by Crippen LogP contribution is 2.29. The molecule has 0 atom stereocenters. The highest BCUT2D eigenvalue weighted by atomic mass is 16.5. The molecule has 0 spiro atoms. The molecule has 1 amide bonds. The molecule has 3 aromatic rings. The van der Waals surface area contributed by atoms with Crippen molar-refractivity contribution >= 4 is 22.9 Å². The summed E-state index contributed by atoms with van der Waals surface area (Å²) in [4.78, 5) is 31.8. The Morgan fingerprint density at radius 1 is 1.14 bits per heavy atom. The van der Waals surface area contributed by atoms with E-state index < -0.39 is 0 Å². The standard InChI is InChI=1S/C22H24N4O3/c1-14-19-17(21(27)26-11-9-16(10-12-26)22(28)29-3)13-18(15-7-5-4-6-8-15)23-20(19)25(2)24-14/h4-8,13,16H,9-12H2,1-3H3. The van der Waals surface area contributed by atoms with E-state index in [0.717, 1.165) is 22.3 Å². The van der Waals surface area contributed by atoms with Gasteiger partial charge in [0.2, 0.25) is 0 Å². The van der Waals surface area contributed by atoms with Crippen molar-refractivity contribution in [3.63, 3.8) is 0 Å². The monoisotopic (exact) mass is 392 g/mol. The summed E-state index contributed by atoms with van der Waals surface area (Å²) < 4.78 is 6.57. The lowest BCUT2D eigenvalue weighted by atomic mass is 9.96. The zero-order valence-corrected chi connectivity index (χ0v) is 16.9. The molecular weight excluding hydrogens is 368 g/mol. The van der Waals surface area contributed by atoms with Gasteiger partial charge in [-0.25, -0.2) is 4.98 Å². The van der Waals surface area contributed by atoms with Crippen LogP contribution in [0.5, 0.6) is 0 Å². The van der Waals surface area contributed by atoms with E-state index in [1.54, 1.807) is 4.68 Å². The number of benzene rings is 1. The maximum Gasteiger partial charge on any atom is 0.308 e. The Morgan fingerprint density at radius 3 is 2.48 bits per heavy atom. The van der Waals surface area contributed by atoms with Gasteiger partial charge in [0.25, 0.3) is 5.91 Å². The second-order valence-electron chi connectivity index (χ2n) is 7.42. The third-order valence-corrected chi connectivity index (χ3v) is 5.59.